The Morgan fingerprint density at radius 3 is 2.79 bits per heavy atom. The van der Waals surface area contributed by atoms with Crippen LogP contribution in [0.25, 0.3) is 11.2 Å². The largest absolute Gasteiger partial charge is 0.461 e. The average molecular weight is 393 g/mol. The number of aromatic nitrogens is 4. The maximum absolute atomic E-state index is 12.2. The maximum atomic E-state index is 12.2. The van der Waals surface area contributed by atoms with E-state index in [1.54, 1.807) is 17.9 Å². The molecule has 24 heavy (non-hydrogen) atoms. The van der Waals surface area contributed by atoms with E-state index in [1.807, 2.05) is 24.3 Å². The van der Waals surface area contributed by atoms with Crippen LogP contribution in [-0.4, -0.2) is 39.8 Å². The van der Waals surface area contributed by atoms with Crippen LogP contribution < -0.4 is 10.4 Å². The minimum Gasteiger partial charge on any atom is -0.461 e. The molecule has 0 amide bonds. The first-order valence-corrected chi connectivity index (χ1v) is 8.28. The highest BCUT2D eigenvalue weighted by atomic mass is 79.9. The number of nitrogens with zero attached hydrogens (tertiary/aromatic N) is 3. The summed E-state index contributed by atoms with van der Waals surface area (Å²) in [6, 6.07) is 8.25. The molecule has 0 bridgehead atoms. The number of methoxy groups -OCH3 is 1. The van der Waals surface area contributed by atoms with Gasteiger partial charge < -0.3 is 14.5 Å². The van der Waals surface area contributed by atoms with Crippen LogP contribution in [-0.2, 0) is 17.7 Å². The van der Waals surface area contributed by atoms with Crippen LogP contribution in [0.5, 0.6) is 6.01 Å². The first-order valence-electron chi connectivity index (χ1n) is 7.49. The molecular formula is C16H17BrN4O3. The van der Waals surface area contributed by atoms with Crippen molar-refractivity contribution in [3.05, 3.63) is 51.0 Å². The number of aromatic amines is 1. The van der Waals surface area contributed by atoms with Gasteiger partial charge in [-0.05, 0) is 24.1 Å². The molecule has 7 nitrogen and oxygen atoms in total. The second-order valence-electron chi connectivity index (χ2n) is 5.19. The van der Waals surface area contributed by atoms with Gasteiger partial charge in [0.15, 0.2) is 5.65 Å². The minimum absolute atomic E-state index is 0.203. The van der Waals surface area contributed by atoms with Crippen molar-refractivity contribution in [3.8, 4) is 6.01 Å². The van der Waals surface area contributed by atoms with Crippen LogP contribution in [0.4, 0.5) is 0 Å². The lowest BCUT2D eigenvalue weighted by Crippen LogP contribution is -2.18. The fraction of sp³-hybridized carbons (Fsp3) is 0.312. The predicted octanol–water partition coefficient (Wildman–Crippen LogP) is 2.15. The van der Waals surface area contributed by atoms with Gasteiger partial charge in [0.25, 0.3) is 0 Å². The summed E-state index contributed by atoms with van der Waals surface area (Å²) in [6.07, 6.45) is 2.28. The lowest BCUT2D eigenvalue weighted by atomic mass is 10.1. The second-order valence-corrected chi connectivity index (χ2v) is 6.11. The van der Waals surface area contributed by atoms with Crippen molar-refractivity contribution in [1.82, 2.24) is 19.5 Å². The summed E-state index contributed by atoms with van der Waals surface area (Å²) >= 11 is 3.41. The zero-order chi connectivity index (χ0) is 16.9. The number of halogens is 1. The number of hydrogen-bond donors (Lipinski definition) is 1. The zero-order valence-electron chi connectivity index (χ0n) is 13.2. The van der Waals surface area contributed by atoms with E-state index in [0.29, 0.717) is 30.9 Å². The number of benzene rings is 1. The van der Waals surface area contributed by atoms with Crippen LogP contribution in [0.1, 0.15) is 5.56 Å². The lowest BCUT2D eigenvalue weighted by molar-refractivity contribution is 0.141. The normalized spacial score (nSPS) is 11.1. The molecule has 3 rings (SSSR count). The highest BCUT2D eigenvalue weighted by Gasteiger charge is 2.10. The van der Waals surface area contributed by atoms with Gasteiger partial charge >= 0.3 is 11.7 Å². The average Bonchev–Trinajstić information content (AvgIpc) is 2.89. The highest BCUT2D eigenvalue weighted by Crippen LogP contribution is 2.13. The number of H-pyrrole nitrogens is 1. The van der Waals surface area contributed by atoms with Crippen LogP contribution in [0.15, 0.2) is 39.7 Å². The molecule has 1 N–H and O–H groups in total. The summed E-state index contributed by atoms with van der Waals surface area (Å²) in [6.45, 7) is 1.33. The van der Waals surface area contributed by atoms with E-state index in [-0.39, 0.29) is 11.7 Å². The van der Waals surface area contributed by atoms with E-state index in [2.05, 4.69) is 30.9 Å². The topological polar surface area (TPSA) is 82.0 Å². The molecule has 0 aliphatic heterocycles. The summed E-state index contributed by atoms with van der Waals surface area (Å²) in [4.78, 5) is 23.3. The SMILES string of the molecule is COCCOc1ncc2[nH]c(=O)n(CCc3ccc(Br)cc3)c2n1. The third-order valence-electron chi connectivity index (χ3n) is 3.54. The van der Waals surface area contributed by atoms with Gasteiger partial charge in [-0.25, -0.2) is 9.78 Å². The van der Waals surface area contributed by atoms with Gasteiger partial charge in [0.1, 0.15) is 12.1 Å². The van der Waals surface area contributed by atoms with Gasteiger partial charge in [0.05, 0.1) is 12.8 Å². The monoisotopic (exact) mass is 392 g/mol. The van der Waals surface area contributed by atoms with E-state index in [4.69, 9.17) is 9.47 Å². The van der Waals surface area contributed by atoms with E-state index < -0.39 is 0 Å². The molecule has 3 aromatic rings. The summed E-state index contributed by atoms with van der Waals surface area (Å²) < 4.78 is 13.0. The molecular weight excluding hydrogens is 376 g/mol. The third-order valence-corrected chi connectivity index (χ3v) is 4.07. The summed E-state index contributed by atoms with van der Waals surface area (Å²) in [5, 5.41) is 0. The van der Waals surface area contributed by atoms with Gasteiger partial charge in [-0.3, -0.25) is 4.57 Å². The van der Waals surface area contributed by atoms with Crippen molar-refractivity contribution >= 4 is 27.1 Å². The number of ether oxygens (including phenoxy) is 2. The third kappa shape index (κ3) is 3.82. The van der Waals surface area contributed by atoms with Crippen molar-refractivity contribution in [2.75, 3.05) is 20.3 Å². The molecule has 0 radical (unpaired) electrons. The highest BCUT2D eigenvalue weighted by molar-refractivity contribution is 9.10. The van der Waals surface area contributed by atoms with E-state index in [1.165, 1.54) is 0 Å². The first-order chi connectivity index (χ1) is 11.7. The molecule has 0 unspecified atom stereocenters. The Kier molecular flexibility index (Phi) is 5.27. The fourth-order valence-corrected chi connectivity index (χ4v) is 2.58. The number of imidazole rings is 1. The van der Waals surface area contributed by atoms with Crippen molar-refractivity contribution in [3.63, 3.8) is 0 Å². The lowest BCUT2D eigenvalue weighted by Gasteiger charge is -2.05. The Labute approximate surface area is 146 Å². The molecule has 126 valence electrons. The standard InChI is InChI=1S/C16H17BrN4O3/c1-23-8-9-24-15-18-10-13-14(20-15)21(16(22)19-13)7-6-11-2-4-12(17)5-3-11/h2-5,10H,6-9H2,1H3,(H,19,22). The minimum atomic E-state index is -0.203. The van der Waals surface area contributed by atoms with Gasteiger partial charge in [-0.15, -0.1) is 0 Å². The van der Waals surface area contributed by atoms with Crippen molar-refractivity contribution in [2.45, 2.75) is 13.0 Å². The molecule has 0 saturated carbocycles. The molecule has 1 aromatic carbocycles. The van der Waals surface area contributed by atoms with Gasteiger partial charge in [-0.2, -0.15) is 4.98 Å². The summed E-state index contributed by atoms with van der Waals surface area (Å²) in [5.74, 6) is 0. The smallest absolute Gasteiger partial charge is 0.327 e. The second kappa shape index (κ2) is 7.59. The molecule has 0 saturated heterocycles. The van der Waals surface area contributed by atoms with E-state index in [0.717, 1.165) is 16.5 Å². The maximum Gasteiger partial charge on any atom is 0.327 e. The van der Waals surface area contributed by atoms with Crippen molar-refractivity contribution < 1.29 is 9.47 Å². The Morgan fingerprint density at radius 2 is 2.04 bits per heavy atom. The number of aryl methyl sites for hydroxylation is 2. The molecule has 8 heteroatoms. The first kappa shape index (κ1) is 16.7. The molecule has 0 fully saturated rings. The van der Waals surface area contributed by atoms with Crippen LogP contribution in [0.2, 0.25) is 0 Å². The van der Waals surface area contributed by atoms with Crippen LogP contribution in [0, 0.1) is 0 Å². The number of hydrogen-bond acceptors (Lipinski definition) is 5. The fourth-order valence-electron chi connectivity index (χ4n) is 2.32. The molecule has 0 atom stereocenters. The molecule has 2 aromatic heterocycles. The Bertz CT molecular complexity index is 873. The van der Waals surface area contributed by atoms with Crippen molar-refractivity contribution in [1.29, 1.82) is 0 Å². The number of fused-ring (bicyclic) bond motifs is 1. The predicted molar refractivity (Wildman–Crippen MR) is 93.4 cm³/mol. The summed E-state index contributed by atoms with van der Waals surface area (Å²) in [7, 11) is 1.60. The Hall–Kier alpha value is -2.19. The van der Waals surface area contributed by atoms with Gasteiger partial charge in [0.2, 0.25) is 0 Å². The van der Waals surface area contributed by atoms with Crippen LogP contribution >= 0.6 is 15.9 Å². The van der Waals surface area contributed by atoms with E-state index in [9.17, 15) is 4.79 Å². The molecule has 0 spiro atoms. The Balaban J connectivity index is 1.80. The van der Waals surface area contributed by atoms with E-state index >= 15 is 0 Å². The number of rotatable bonds is 7. The van der Waals surface area contributed by atoms with Gasteiger partial charge in [0, 0.05) is 18.1 Å². The van der Waals surface area contributed by atoms with Gasteiger partial charge in [-0.1, -0.05) is 28.1 Å². The van der Waals surface area contributed by atoms with Crippen molar-refractivity contribution in [2.24, 2.45) is 0 Å². The summed E-state index contributed by atoms with van der Waals surface area (Å²) in [5.41, 5.74) is 2.07. The Morgan fingerprint density at radius 1 is 1.25 bits per heavy atom. The number of nitrogens with one attached hydrogen (secondary N) is 1. The van der Waals surface area contributed by atoms with Crippen LogP contribution in [0.3, 0.4) is 0 Å². The molecule has 0 aliphatic carbocycles. The molecule has 2 heterocycles. The quantitative estimate of drug-likeness (QED) is 0.622. The molecule has 0 aliphatic rings. The zero-order valence-corrected chi connectivity index (χ0v) is 14.7.